The summed E-state index contributed by atoms with van der Waals surface area (Å²) in [6.07, 6.45) is 7.48. The lowest BCUT2D eigenvalue weighted by Crippen LogP contribution is -2.54. The first kappa shape index (κ1) is 18.5. The largest absolute Gasteiger partial charge is 0.481 e. The monoisotopic (exact) mass is 322 g/mol. The van der Waals surface area contributed by atoms with Gasteiger partial charge in [-0.05, 0) is 67.6 Å². The third kappa shape index (κ3) is 3.50. The minimum Gasteiger partial charge on any atom is -0.481 e. The molecule has 0 aliphatic heterocycles. The second kappa shape index (κ2) is 6.58. The smallest absolute Gasteiger partial charge is 0.303 e. The van der Waals surface area contributed by atoms with Crippen molar-refractivity contribution in [2.75, 3.05) is 0 Å². The Bertz CT molecular complexity index is 479. The summed E-state index contributed by atoms with van der Waals surface area (Å²) < 4.78 is 0. The number of aliphatic hydroxyl groups is 1. The number of carbonyl (C=O) groups is 1. The highest BCUT2D eigenvalue weighted by atomic mass is 16.4. The van der Waals surface area contributed by atoms with Gasteiger partial charge in [-0.1, -0.05) is 39.3 Å². The van der Waals surface area contributed by atoms with E-state index in [1.54, 1.807) is 0 Å². The molecule has 23 heavy (non-hydrogen) atoms. The van der Waals surface area contributed by atoms with Crippen LogP contribution in [0.25, 0.3) is 0 Å². The van der Waals surface area contributed by atoms with Crippen LogP contribution in [0.2, 0.25) is 0 Å². The van der Waals surface area contributed by atoms with Gasteiger partial charge >= 0.3 is 5.97 Å². The van der Waals surface area contributed by atoms with Crippen molar-refractivity contribution in [2.24, 2.45) is 28.6 Å². The van der Waals surface area contributed by atoms with Crippen molar-refractivity contribution in [1.82, 2.24) is 0 Å². The van der Waals surface area contributed by atoms with Gasteiger partial charge in [0, 0.05) is 6.42 Å². The fraction of sp³-hybridized carbons (Fsp3) is 0.850. The standard InChI is InChI=1S/C20H34O3/c1-13(12-18(22)23)6-8-15-14(2)7-9-16-19(3,4)17(21)10-11-20(15,16)5/h7,13,15-17,21H,6,8-12H2,1-5H3,(H,22,23)/t13-,15+,16+,17+,20-/m1/s1. The van der Waals surface area contributed by atoms with Crippen molar-refractivity contribution in [3.8, 4) is 0 Å². The van der Waals surface area contributed by atoms with Gasteiger partial charge in [0.05, 0.1) is 6.10 Å². The van der Waals surface area contributed by atoms with Gasteiger partial charge in [0.25, 0.3) is 0 Å². The second-order valence-electron chi connectivity index (χ2n) is 8.95. The summed E-state index contributed by atoms with van der Waals surface area (Å²) in [5.74, 6) is 0.553. The van der Waals surface area contributed by atoms with Crippen LogP contribution >= 0.6 is 0 Å². The van der Waals surface area contributed by atoms with Gasteiger partial charge in [-0.15, -0.1) is 0 Å². The summed E-state index contributed by atoms with van der Waals surface area (Å²) >= 11 is 0. The topological polar surface area (TPSA) is 57.5 Å². The highest BCUT2D eigenvalue weighted by Gasteiger charge is 2.54. The highest BCUT2D eigenvalue weighted by molar-refractivity contribution is 5.66. The van der Waals surface area contributed by atoms with Crippen LogP contribution in [0.5, 0.6) is 0 Å². The Kier molecular flexibility index (Phi) is 5.30. The second-order valence-corrected chi connectivity index (χ2v) is 8.95. The Morgan fingerprint density at radius 2 is 2.04 bits per heavy atom. The van der Waals surface area contributed by atoms with E-state index >= 15 is 0 Å². The maximum absolute atomic E-state index is 10.9. The number of hydrogen-bond acceptors (Lipinski definition) is 2. The van der Waals surface area contributed by atoms with Gasteiger partial charge in [0.1, 0.15) is 0 Å². The molecule has 3 heteroatoms. The molecule has 2 aliphatic carbocycles. The summed E-state index contributed by atoms with van der Waals surface area (Å²) in [6, 6.07) is 0. The molecular formula is C20H34O3. The molecule has 1 saturated carbocycles. The van der Waals surface area contributed by atoms with Crippen LogP contribution in [0.3, 0.4) is 0 Å². The third-order valence-electron chi connectivity index (χ3n) is 7.00. The first-order valence-electron chi connectivity index (χ1n) is 9.15. The molecule has 2 N–H and O–H groups in total. The Morgan fingerprint density at radius 1 is 1.39 bits per heavy atom. The van der Waals surface area contributed by atoms with E-state index in [9.17, 15) is 9.90 Å². The predicted molar refractivity (Wildman–Crippen MR) is 93.1 cm³/mol. The summed E-state index contributed by atoms with van der Waals surface area (Å²) in [5, 5.41) is 19.4. The molecule has 1 fully saturated rings. The van der Waals surface area contributed by atoms with E-state index < -0.39 is 5.97 Å². The van der Waals surface area contributed by atoms with E-state index in [0.29, 0.717) is 11.8 Å². The van der Waals surface area contributed by atoms with Crippen molar-refractivity contribution in [3.63, 3.8) is 0 Å². The molecule has 0 aromatic heterocycles. The summed E-state index contributed by atoms with van der Waals surface area (Å²) in [5.41, 5.74) is 1.65. The molecule has 0 aromatic carbocycles. The Morgan fingerprint density at radius 3 is 2.65 bits per heavy atom. The van der Waals surface area contributed by atoms with Crippen molar-refractivity contribution >= 4 is 5.97 Å². The molecule has 132 valence electrons. The minimum atomic E-state index is -0.695. The molecule has 5 atom stereocenters. The highest BCUT2D eigenvalue weighted by Crippen LogP contribution is 2.60. The quantitative estimate of drug-likeness (QED) is 0.725. The number of rotatable bonds is 5. The fourth-order valence-corrected chi connectivity index (χ4v) is 5.44. The Hall–Kier alpha value is -0.830. The van der Waals surface area contributed by atoms with E-state index in [4.69, 9.17) is 5.11 Å². The van der Waals surface area contributed by atoms with Crippen molar-refractivity contribution < 1.29 is 15.0 Å². The van der Waals surface area contributed by atoms with Gasteiger partial charge < -0.3 is 10.2 Å². The van der Waals surface area contributed by atoms with E-state index in [1.807, 2.05) is 6.92 Å². The molecular weight excluding hydrogens is 288 g/mol. The first-order valence-corrected chi connectivity index (χ1v) is 9.15. The maximum Gasteiger partial charge on any atom is 0.303 e. The number of fused-ring (bicyclic) bond motifs is 1. The van der Waals surface area contributed by atoms with Crippen LogP contribution in [0.1, 0.15) is 73.1 Å². The SMILES string of the molecule is CC1=CC[C@H]2C(C)(C)[C@@H](O)CC[C@]2(C)[C@H]1CC[C@@H](C)CC(=O)O. The van der Waals surface area contributed by atoms with Gasteiger partial charge in [-0.2, -0.15) is 0 Å². The van der Waals surface area contributed by atoms with E-state index in [-0.39, 0.29) is 29.3 Å². The molecule has 2 rings (SSSR count). The molecule has 0 unspecified atom stereocenters. The van der Waals surface area contributed by atoms with Gasteiger partial charge in [0.15, 0.2) is 0 Å². The van der Waals surface area contributed by atoms with Crippen LogP contribution in [0.15, 0.2) is 11.6 Å². The van der Waals surface area contributed by atoms with E-state index in [0.717, 1.165) is 32.1 Å². The molecule has 0 heterocycles. The Balaban J connectivity index is 2.17. The zero-order valence-electron chi connectivity index (χ0n) is 15.4. The summed E-state index contributed by atoms with van der Waals surface area (Å²) in [4.78, 5) is 10.9. The van der Waals surface area contributed by atoms with E-state index in [2.05, 4.69) is 33.8 Å². The third-order valence-corrected chi connectivity index (χ3v) is 7.00. The van der Waals surface area contributed by atoms with Gasteiger partial charge in [0.2, 0.25) is 0 Å². The van der Waals surface area contributed by atoms with Crippen molar-refractivity contribution in [2.45, 2.75) is 79.2 Å². The number of carboxylic acid groups (broad SMARTS) is 1. The van der Waals surface area contributed by atoms with Crippen molar-refractivity contribution in [1.29, 1.82) is 0 Å². The lowest BCUT2D eigenvalue weighted by Gasteiger charge is -2.58. The molecule has 0 amide bonds. The zero-order valence-corrected chi connectivity index (χ0v) is 15.4. The van der Waals surface area contributed by atoms with Gasteiger partial charge in [-0.3, -0.25) is 4.79 Å². The maximum atomic E-state index is 10.9. The number of allylic oxidation sites excluding steroid dienone is 2. The minimum absolute atomic E-state index is 0.0465. The molecule has 0 saturated heterocycles. The van der Waals surface area contributed by atoms with Crippen LogP contribution < -0.4 is 0 Å². The number of carboxylic acids is 1. The summed E-state index contributed by atoms with van der Waals surface area (Å²) in [6.45, 7) is 11.1. The molecule has 0 radical (unpaired) electrons. The molecule has 0 bridgehead atoms. The van der Waals surface area contributed by atoms with Crippen LogP contribution in [0, 0.1) is 28.6 Å². The summed E-state index contributed by atoms with van der Waals surface area (Å²) in [7, 11) is 0. The van der Waals surface area contributed by atoms with E-state index in [1.165, 1.54) is 5.57 Å². The predicted octanol–water partition coefficient (Wildman–Crippen LogP) is 4.65. The number of aliphatic carboxylic acids is 1. The number of hydrogen-bond donors (Lipinski definition) is 2. The molecule has 0 spiro atoms. The average Bonchev–Trinajstić information content (AvgIpc) is 2.42. The lowest BCUT2D eigenvalue weighted by molar-refractivity contribution is -0.138. The van der Waals surface area contributed by atoms with Crippen LogP contribution in [-0.4, -0.2) is 22.3 Å². The molecule has 0 aromatic rings. The zero-order chi connectivity index (χ0) is 17.4. The fourth-order valence-electron chi connectivity index (χ4n) is 5.44. The molecule has 3 nitrogen and oxygen atoms in total. The van der Waals surface area contributed by atoms with Gasteiger partial charge in [-0.25, -0.2) is 0 Å². The number of aliphatic hydroxyl groups excluding tert-OH is 1. The average molecular weight is 322 g/mol. The van der Waals surface area contributed by atoms with Crippen LogP contribution in [0.4, 0.5) is 0 Å². The molecule has 2 aliphatic rings. The first-order chi connectivity index (χ1) is 10.6. The van der Waals surface area contributed by atoms with Crippen molar-refractivity contribution in [3.05, 3.63) is 11.6 Å². The van der Waals surface area contributed by atoms with Crippen LogP contribution in [-0.2, 0) is 4.79 Å². The normalized spacial score (nSPS) is 37.7. The lowest BCUT2D eigenvalue weighted by atomic mass is 9.47. The Labute approximate surface area is 141 Å².